The van der Waals surface area contributed by atoms with Gasteiger partial charge in [0.15, 0.2) is 0 Å². The van der Waals surface area contributed by atoms with Gasteiger partial charge >= 0.3 is 0 Å². The van der Waals surface area contributed by atoms with Crippen molar-refractivity contribution < 1.29 is 0 Å². The fourth-order valence-corrected chi connectivity index (χ4v) is 4.65. The normalized spacial score (nSPS) is 15.5. The van der Waals surface area contributed by atoms with Crippen molar-refractivity contribution in [2.24, 2.45) is 0 Å². The number of hydrogen-bond acceptors (Lipinski definition) is 6. The van der Waals surface area contributed by atoms with Gasteiger partial charge in [-0.3, -0.25) is 4.79 Å². The first-order valence-corrected chi connectivity index (χ1v) is 7.13. The molecule has 1 aliphatic rings. The highest BCUT2D eigenvalue weighted by Gasteiger charge is 2.21. The molecule has 0 spiro atoms. The molecule has 7 heteroatoms. The molecule has 0 bridgehead atoms. The quantitative estimate of drug-likeness (QED) is 0.619. The zero-order valence-corrected chi connectivity index (χ0v) is 10.5. The Morgan fingerprint density at radius 2 is 2.06 bits per heavy atom. The molecule has 0 amide bonds. The second kappa shape index (κ2) is 3.33. The molecule has 0 aliphatic heterocycles. The van der Waals surface area contributed by atoms with Crippen LogP contribution >= 0.6 is 22.7 Å². The van der Waals surface area contributed by atoms with E-state index in [0.717, 1.165) is 34.4 Å². The van der Waals surface area contributed by atoms with Gasteiger partial charge in [0.25, 0.3) is 0 Å². The lowest BCUT2D eigenvalue weighted by molar-refractivity contribution is 0.700. The fourth-order valence-electron chi connectivity index (χ4n) is 2.42. The predicted molar refractivity (Wildman–Crippen MR) is 67.0 cm³/mol. The van der Waals surface area contributed by atoms with Crippen molar-refractivity contribution in [3.8, 4) is 0 Å². The van der Waals surface area contributed by atoms with E-state index in [1.54, 1.807) is 15.9 Å². The molecule has 3 aromatic rings. The van der Waals surface area contributed by atoms with Gasteiger partial charge in [-0.05, 0) is 41.7 Å². The monoisotopic (exact) mass is 264 g/mol. The Labute approximate surface area is 104 Å². The van der Waals surface area contributed by atoms with Crippen LogP contribution in [0.2, 0.25) is 0 Å². The molecule has 86 valence electrons. The summed E-state index contributed by atoms with van der Waals surface area (Å²) in [7, 11) is 0. The standard InChI is InChI=1S/C10H8N4OS2/c15-9-7-5-3-1-2-4-6(5)16-8(7)14-10(17-9)11-12-13-14/h1-4H2. The molecule has 3 aromatic heterocycles. The highest BCUT2D eigenvalue weighted by molar-refractivity contribution is 7.20. The van der Waals surface area contributed by atoms with E-state index in [2.05, 4.69) is 15.5 Å². The van der Waals surface area contributed by atoms with E-state index < -0.39 is 0 Å². The van der Waals surface area contributed by atoms with E-state index in [0.29, 0.717) is 4.96 Å². The van der Waals surface area contributed by atoms with E-state index in [4.69, 9.17) is 0 Å². The summed E-state index contributed by atoms with van der Waals surface area (Å²) in [6.07, 6.45) is 4.50. The lowest BCUT2D eigenvalue weighted by Gasteiger charge is -2.09. The van der Waals surface area contributed by atoms with Crippen molar-refractivity contribution in [3.63, 3.8) is 0 Å². The minimum atomic E-state index is 0.0988. The summed E-state index contributed by atoms with van der Waals surface area (Å²) >= 11 is 2.81. The van der Waals surface area contributed by atoms with Crippen LogP contribution in [0.4, 0.5) is 0 Å². The second-order valence-electron chi connectivity index (χ2n) is 4.15. The number of fused-ring (bicyclic) bond motifs is 5. The third-order valence-corrected chi connectivity index (χ3v) is 5.27. The van der Waals surface area contributed by atoms with Crippen LogP contribution in [0.5, 0.6) is 0 Å². The van der Waals surface area contributed by atoms with Crippen molar-refractivity contribution in [2.75, 3.05) is 0 Å². The molecule has 0 N–H and O–H groups in total. The Balaban J connectivity index is 2.26. The first-order valence-electron chi connectivity index (χ1n) is 5.50. The van der Waals surface area contributed by atoms with E-state index in [1.807, 2.05) is 0 Å². The third kappa shape index (κ3) is 1.23. The lowest BCUT2D eigenvalue weighted by Crippen LogP contribution is -2.04. The van der Waals surface area contributed by atoms with Crippen LogP contribution in [-0.2, 0) is 12.8 Å². The van der Waals surface area contributed by atoms with Crippen molar-refractivity contribution in [1.29, 1.82) is 0 Å². The first-order chi connectivity index (χ1) is 8.34. The van der Waals surface area contributed by atoms with Gasteiger partial charge in [0.1, 0.15) is 4.83 Å². The predicted octanol–water partition coefficient (Wildman–Crippen LogP) is 1.64. The zero-order chi connectivity index (χ0) is 11.4. The molecule has 0 fully saturated rings. The topological polar surface area (TPSA) is 60.2 Å². The summed E-state index contributed by atoms with van der Waals surface area (Å²) in [5.41, 5.74) is 1.25. The Morgan fingerprint density at radius 3 is 3.00 bits per heavy atom. The van der Waals surface area contributed by atoms with Crippen LogP contribution in [0.25, 0.3) is 15.2 Å². The average molecular weight is 264 g/mol. The summed E-state index contributed by atoms with van der Waals surface area (Å²) in [6.45, 7) is 0. The van der Waals surface area contributed by atoms with Gasteiger partial charge in [-0.25, -0.2) is 0 Å². The number of aromatic nitrogens is 4. The Morgan fingerprint density at radius 1 is 1.18 bits per heavy atom. The smallest absolute Gasteiger partial charge is 0.246 e. The minimum Gasteiger partial charge on any atom is -0.277 e. The molecule has 4 rings (SSSR count). The largest absolute Gasteiger partial charge is 0.277 e. The number of hydrogen-bond donors (Lipinski definition) is 0. The number of rotatable bonds is 0. The molecule has 0 unspecified atom stereocenters. The number of aryl methyl sites for hydroxylation is 2. The van der Waals surface area contributed by atoms with Gasteiger partial charge in [0.2, 0.25) is 9.70 Å². The molecule has 5 nitrogen and oxygen atoms in total. The highest BCUT2D eigenvalue weighted by atomic mass is 32.1. The number of tetrazole rings is 1. The molecular weight excluding hydrogens is 256 g/mol. The summed E-state index contributed by atoms with van der Waals surface area (Å²) in [4.78, 5) is 15.0. The first kappa shape index (κ1) is 9.67. The van der Waals surface area contributed by atoms with Crippen LogP contribution in [0.1, 0.15) is 23.3 Å². The summed E-state index contributed by atoms with van der Waals surface area (Å²) in [5, 5.41) is 12.3. The second-order valence-corrected chi connectivity index (χ2v) is 6.18. The summed E-state index contributed by atoms with van der Waals surface area (Å²) in [6, 6.07) is 0. The van der Waals surface area contributed by atoms with Gasteiger partial charge in [0, 0.05) is 4.88 Å². The van der Waals surface area contributed by atoms with E-state index in [1.165, 1.54) is 23.3 Å². The molecule has 17 heavy (non-hydrogen) atoms. The van der Waals surface area contributed by atoms with E-state index in [9.17, 15) is 4.79 Å². The fraction of sp³-hybridized carbons (Fsp3) is 0.400. The maximum absolute atomic E-state index is 12.1. The Bertz CT molecular complexity index is 785. The van der Waals surface area contributed by atoms with Crippen molar-refractivity contribution in [3.05, 3.63) is 20.0 Å². The van der Waals surface area contributed by atoms with Crippen LogP contribution in [0, 0.1) is 0 Å². The van der Waals surface area contributed by atoms with Crippen LogP contribution in [-0.4, -0.2) is 20.0 Å². The van der Waals surface area contributed by atoms with E-state index in [-0.39, 0.29) is 4.74 Å². The molecule has 0 radical (unpaired) electrons. The summed E-state index contributed by atoms with van der Waals surface area (Å²) in [5.74, 6) is 0. The van der Waals surface area contributed by atoms with Gasteiger partial charge in [0.05, 0.1) is 5.39 Å². The minimum absolute atomic E-state index is 0.0988. The van der Waals surface area contributed by atoms with Crippen molar-refractivity contribution >= 4 is 37.9 Å². The lowest BCUT2D eigenvalue weighted by atomic mass is 9.98. The Hall–Kier alpha value is -1.34. The SMILES string of the molecule is O=c1sc2nnnn2c2sc3c(c12)CCCC3. The Kier molecular flexibility index (Phi) is 1.89. The van der Waals surface area contributed by atoms with Crippen LogP contribution < -0.4 is 4.74 Å². The maximum atomic E-state index is 12.1. The molecule has 0 atom stereocenters. The molecule has 0 saturated carbocycles. The zero-order valence-electron chi connectivity index (χ0n) is 8.84. The molecule has 1 aliphatic carbocycles. The maximum Gasteiger partial charge on any atom is 0.246 e. The third-order valence-electron chi connectivity index (χ3n) is 3.17. The summed E-state index contributed by atoms with van der Waals surface area (Å²) < 4.78 is 1.80. The number of nitrogens with zero attached hydrogens (tertiary/aromatic N) is 4. The van der Waals surface area contributed by atoms with Gasteiger partial charge in [-0.1, -0.05) is 16.4 Å². The average Bonchev–Trinajstić information content (AvgIpc) is 2.91. The number of thiophene rings is 1. The van der Waals surface area contributed by atoms with E-state index >= 15 is 0 Å². The van der Waals surface area contributed by atoms with Gasteiger partial charge < -0.3 is 0 Å². The van der Waals surface area contributed by atoms with Crippen molar-refractivity contribution in [1.82, 2.24) is 20.0 Å². The van der Waals surface area contributed by atoms with Crippen LogP contribution in [0.3, 0.4) is 0 Å². The van der Waals surface area contributed by atoms with Gasteiger partial charge in [-0.15, -0.1) is 11.3 Å². The molecular formula is C10H8N4OS2. The molecule has 0 saturated heterocycles. The van der Waals surface area contributed by atoms with Crippen LogP contribution in [0.15, 0.2) is 4.79 Å². The molecule has 0 aromatic carbocycles. The molecule has 3 heterocycles. The highest BCUT2D eigenvalue weighted by Crippen LogP contribution is 2.34. The van der Waals surface area contributed by atoms with Crippen molar-refractivity contribution in [2.45, 2.75) is 25.7 Å². The van der Waals surface area contributed by atoms with Gasteiger partial charge in [-0.2, -0.15) is 4.52 Å².